The Kier molecular flexibility index (Phi) is 3.16. The second-order valence-electron chi connectivity index (χ2n) is 2.88. The van der Waals surface area contributed by atoms with E-state index < -0.39 is 40.2 Å². The van der Waals surface area contributed by atoms with E-state index >= 15 is 0 Å². The first-order chi connectivity index (χ1) is 7.66. The summed E-state index contributed by atoms with van der Waals surface area (Å²) in [6.07, 6.45) is -8.60. The lowest BCUT2D eigenvalue weighted by molar-refractivity contribution is -0.388. The molecule has 1 heterocycles. The Bertz CT molecular complexity index is 460. The molecule has 17 heavy (non-hydrogen) atoms. The van der Waals surface area contributed by atoms with Gasteiger partial charge in [0.25, 0.3) is 6.43 Å². The van der Waals surface area contributed by atoms with Gasteiger partial charge in [-0.3, -0.25) is 0 Å². The number of anilines is 1. The predicted molar refractivity (Wildman–Crippen MR) is 45.3 cm³/mol. The minimum atomic E-state index is -5.22. The molecular weight excluding hydrogens is 253 g/mol. The molecule has 0 spiro atoms. The van der Waals surface area contributed by atoms with E-state index in [2.05, 4.69) is 4.98 Å². The SMILES string of the molecule is Nc1c([N+](=O)[O-])ncc(C(F)F)c1C(F)(F)F. The highest BCUT2D eigenvalue weighted by atomic mass is 19.4. The molecule has 0 radical (unpaired) electrons. The number of hydrogen-bond donors (Lipinski definition) is 1. The molecule has 1 aromatic heterocycles. The van der Waals surface area contributed by atoms with Crippen LogP contribution in [0.2, 0.25) is 0 Å². The van der Waals surface area contributed by atoms with E-state index in [4.69, 9.17) is 5.73 Å². The van der Waals surface area contributed by atoms with Crippen LogP contribution in [0.15, 0.2) is 6.20 Å². The molecule has 94 valence electrons. The van der Waals surface area contributed by atoms with Crippen LogP contribution < -0.4 is 5.73 Å². The van der Waals surface area contributed by atoms with Gasteiger partial charge in [-0.1, -0.05) is 0 Å². The van der Waals surface area contributed by atoms with Crippen molar-refractivity contribution in [2.45, 2.75) is 12.6 Å². The monoisotopic (exact) mass is 257 g/mol. The fourth-order valence-electron chi connectivity index (χ4n) is 1.16. The second-order valence-corrected chi connectivity index (χ2v) is 2.88. The lowest BCUT2D eigenvalue weighted by Gasteiger charge is -2.13. The summed E-state index contributed by atoms with van der Waals surface area (Å²) < 4.78 is 62.0. The maximum Gasteiger partial charge on any atom is 0.419 e. The molecule has 0 saturated heterocycles. The summed E-state index contributed by atoms with van der Waals surface area (Å²) in [4.78, 5) is 11.9. The Balaban J connectivity index is 3.59. The highest BCUT2D eigenvalue weighted by Gasteiger charge is 2.42. The van der Waals surface area contributed by atoms with Gasteiger partial charge in [0.2, 0.25) is 0 Å². The maximum absolute atomic E-state index is 12.4. The zero-order valence-electron chi connectivity index (χ0n) is 7.83. The minimum Gasteiger partial charge on any atom is -0.391 e. The van der Waals surface area contributed by atoms with Gasteiger partial charge in [0.05, 0.1) is 11.1 Å². The molecule has 0 unspecified atom stereocenters. The first kappa shape index (κ1) is 13.1. The first-order valence-electron chi connectivity index (χ1n) is 3.94. The molecule has 1 rings (SSSR count). The molecule has 0 aromatic carbocycles. The van der Waals surface area contributed by atoms with E-state index in [0.29, 0.717) is 0 Å². The Morgan fingerprint density at radius 2 is 1.94 bits per heavy atom. The van der Waals surface area contributed by atoms with Crippen LogP contribution in [-0.4, -0.2) is 9.91 Å². The molecule has 0 amide bonds. The Morgan fingerprint density at radius 1 is 1.41 bits per heavy atom. The third kappa shape index (κ3) is 2.40. The zero-order chi connectivity index (χ0) is 13.4. The number of aromatic nitrogens is 1. The number of alkyl halides is 5. The van der Waals surface area contributed by atoms with Crippen LogP contribution >= 0.6 is 0 Å². The van der Waals surface area contributed by atoms with Gasteiger partial charge in [0.15, 0.2) is 0 Å². The van der Waals surface area contributed by atoms with Crippen LogP contribution in [0.25, 0.3) is 0 Å². The molecule has 0 saturated carbocycles. The topological polar surface area (TPSA) is 82.0 Å². The van der Waals surface area contributed by atoms with Gasteiger partial charge in [-0.15, -0.1) is 0 Å². The van der Waals surface area contributed by atoms with Crippen molar-refractivity contribution in [2.75, 3.05) is 5.73 Å². The summed E-state index contributed by atoms with van der Waals surface area (Å²) in [5, 5.41) is 10.3. The van der Waals surface area contributed by atoms with Gasteiger partial charge in [-0.05, 0) is 9.91 Å². The van der Waals surface area contributed by atoms with Crippen LogP contribution in [0.1, 0.15) is 17.6 Å². The summed E-state index contributed by atoms with van der Waals surface area (Å²) in [5.41, 5.74) is 0.0275. The van der Waals surface area contributed by atoms with Crippen molar-refractivity contribution in [1.29, 1.82) is 0 Å². The van der Waals surface area contributed by atoms with E-state index in [1.807, 2.05) is 0 Å². The van der Waals surface area contributed by atoms with Crippen molar-refractivity contribution in [3.63, 3.8) is 0 Å². The van der Waals surface area contributed by atoms with Crippen LogP contribution in [-0.2, 0) is 6.18 Å². The fraction of sp³-hybridized carbons (Fsp3) is 0.286. The molecule has 0 aliphatic heterocycles. The zero-order valence-corrected chi connectivity index (χ0v) is 7.83. The molecule has 5 nitrogen and oxygen atoms in total. The van der Waals surface area contributed by atoms with Crippen LogP contribution in [0.3, 0.4) is 0 Å². The van der Waals surface area contributed by atoms with Crippen molar-refractivity contribution in [3.05, 3.63) is 27.4 Å². The van der Waals surface area contributed by atoms with Gasteiger partial charge in [-0.2, -0.15) is 13.2 Å². The Labute approximate surface area is 90.2 Å². The Morgan fingerprint density at radius 3 is 2.29 bits per heavy atom. The van der Waals surface area contributed by atoms with Crippen molar-refractivity contribution in [2.24, 2.45) is 0 Å². The van der Waals surface area contributed by atoms with E-state index in [1.165, 1.54) is 0 Å². The molecule has 0 aliphatic rings. The lowest BCUT2D eigenvalue weighted by Crippen LogP contribution is -2.15. The van der Waals surface area contributed by atoms with Crippen molar-refractivity contribution < 1.29 is 26.9 Å². The van der Waals surface area contributed by atoms with Gasteiger partial charge >= 0.3 is 12.0 Å². The number of pyridine rings is 1. The van der Waals surface area contributed by atoms with Crippen LogP contribution in [0.4, 0.5) is 33.5 Å². The molecule has 0 bridgehead atoms. The van der Waals surface area contributed by atoms with Crippen LogP contribution in [0, 0.1) is 10.1 Å². The average molecular weight is 257 g/mol. The van der Waals surface area contributed by atoms with E-state index in [9.17, 15) is 32.1 Å². The molecule has 10 heteroatoms. The number of hydrogen-bond acceptors (Lipinski definition) is 4. The molecule has 0 atom stereocenters. The van der Waals surface area contributed by atoms with Gasteiger partial charge in [0.1, 0.15) is 11.9 Å². The number of nitrogens with zero attached hydrogens (tertiary/aromatic N) is 2. The third-order valence-electron chi connectivity index (χ3n) is 1.82. The number of halogens is 5. The van der Waals surface area contributed by atoms with E-state index in [-0.39, 0.29) is 6.20 Å². The van der Waals surface area contributed by atoms with Crippen molar-refractivity contribution in [1.82, 2.24) is 4.98 Å². The van der Waals surface area contributed by atoms with E-state index in [1.54, 1.807) is 0 Å². The molecule has 0 fully saturated rings. The van der Waals surface area contributed by atoms with Crippen molar-refractivity contribution >= 4 is 11.5 Å². The van der Waals surface area contributed by atoms with Gasteiger partial charge in [0, 0.05) is 0 Å². The maximum atomic E-state index is 12.4. The normalized spacial score (nSPS) is 11.9. The lowest BCUT2D eigenvalue weighted by atomic mass is 10.1. The van der Waals surface area contributed by atoms with Crippen molar-refractivity contribution in [3.8, 4) is 0 Å². The summed E-state index contributed by atoms with van der Waals surface area (Å²) in [6.45, 7) is 0. The van der Waals surface area contributed by atoms with Gasteiger partial charge < -0.3 is 15.8 Å². The highest BCUT2D eigenvalue weighted by Crippen LogP contribution is 2.42. The Hall–Kier alpha value is -2.00. The number of nitrogen functional groups attached to an aromatic ring is 1. The summed E-state index contributed by atoms with van der Waals surface area (Å²) in [5.74, 6) is -1.30. The summed E-state index contributed by atoms with van der Waals surface area (Å²) in [6, 6.07) is 0. The molecule has 2 N–H and O–H groups in total. The van der Waals surface area contributed by atoms with E-state index in [0.717, 1.165) is 0 Å². The second kappa shape index (κ2) is 4.11. The summed E-state index contributed by atoms with van der Waals surface area (Å²) in [7, 11) is 0. The average Bonchev–Trinajstić information content (AvgIpc) is 2.14. The number of rotatable bonds is 2. The van der Waals surface area contributed by atoms with Gasteiger partial charge in [-0.25, -0.2) is 8.78 Å². The first-order valence-corrected chi connectivity index (χ1v) is 3.94. The highest BCUT2D eigenvalue weighted by molar-refractivity contribution is 5.62. The minimum absolute atomic E-state index is 0.0992. The molecule has 1 aromatic rings. The summed E-state index contributed by atoms with van der Waals surface area (Å²) >= 11 is 0. The third-order valence-corrected chi connectivity index (χ3v) is 1.82. The molecular formula is C7H4F5N3O2. The number of nitro groups is 1. The quantitative estimate of drug-likeness (QED) is 0.501. The van der Waals surface area contributed by atoms with Crippen LogP contribution in [0.5, 0.6) is 0 Å². The number of nitrogens with two attached hydrogens (primary N) is 1. The smallest absolute Gasteiger partial charge is 0.391 e. The standard InChI is InChI=1S/C7H4F5N3O2/c8-5(9)2-1-14-6(15(16)17)4(13)3(2)7(10,11)12/h1,5H,13H2. The fourth-order valence-corrected chi connectivity index (χ4v) is 1.16. The predicted octanol–water partition coefficient (Wildman–Crippen LogP) is 2.53. The largest absolute Gasteiger partial charge is 0.419 e. The molecule has 0 aliphatic carbocycles.